The molecular weight excluding hydrogens is 240 g/mol. The molecular formula is C15H16N2O2. The summed E-state index contributed by atoms with van der Waals surface area (Å²) < 4.78 is 0. The van der Waals surface area contributed by atoms with Gasteiger partial charge < -0.3 is 10.4 Å². The molecule has 4 nitrogen and oxygen atoms in total. The number of aryl methyl sites for hydroxylation is 1. The predicted octanol–water partition coefficient (Wildman–Crippen LogP) is 2.38. The van der Waals surface area contributed by atoms with E-state index in [1.54, 1.807) is 6.07 Å². The molecule has 2 aromatic rings. The van der Waals surface area contributed by atoms with E-state index in [4.69, 9.17) is 5.11 Å². The average molecular weight is 256 g/mol. The van der Waals surface area contributed by atoms with E-state index >= 15 is 0 Å². The Morgan fingerprint density at radius 2 is 2.00 bits per heavy atom. The normalized spacial score (nSPS) is 10.4. The summed E-state index contributed by atoms with van der Waals surface area (Å²) in [5.74, 6) is -1.000. The molecule has 1 aromatic carbocycles. The Labute approximate surface area is 112 Å². The van der Waals surface area contributed by atoms with E-state index in [0.717, 1.165) is 12.2 Å². The van der Waals surface area contributed by atoms with E-state index in [2.05, 4.69) is 35.4 Å². The molecule has 2 N–H and O–H groups in total. The number of carboxylic acids is 1. The fourth-order valence-electron chi connectivity index (χ4n) is 1.85. The first-order valence-electron chi connectivity index (χ1n) is 6.10. The van der Waals surface area contributed by atoms with Gasteiger partial charge in [0.2, 0.25) is 0 Å². The maximum absolute atomic E-state index is 10.8. The number of nitrogens with zero attached hydrogens (tertiary/aromatic N) is 1. The van der Waals surface area contributed by atoms with Crippen LogP contribution in [0.2, 0.25) is 0 Å². The van der Waals surface area contributed by atoms with Crippen molar-refractivity contribution in [2.24, 2.45) is 0 Å². The molecule has 0 aliphatic carbocycles. The van der Waals surface area contributed by atoms with Gasteiger partial charge in [0.05, 0.1) is 5.69 Å². The zero-order chi connectivity index (χ0) is 13.7. The van der Waals surface area contributed by atoms with Gasteiger partial charge in [-0.25, -0.2) is 9.78 Å². The van der Waals surface area contributed by atoms with Crippen molar-refractivity contribution >= 4 is 5.97 Å². The predicted molar refractivity (Wildman–Crippen MR) is 72.9 cm³/mol. The molecule has 4 heteroatoms. The SMILES string of the molecule is Cc1cccc(CNCc2cccc(C(=O)O)n2)c1. The smallest absolute Gasteiger partial charge is 0.354 e. The van der Waals surface area contributed by atoms with Gasteiger partial charge >= 0.3 is 5.97 Å². The summed E-state index contributed by atoms with van der Waals surface area (Å²) in [6.07, 6.45) is 0. The van der Waals surface area contributed by atoms with Gasteiger partial charge in [-0.05, 0) is 24.6 Å². The van der Waals surface area contributed by atoms with Crippen LogP contribution in [-0.4, -0.2) is 16.1 Å². The molecule has 1 heterocycles. The average Bonchev–Trinajstić information content (AvgIpc) is 2.39. The lowest BCUT2D eigenvalue weighted by Crippen LogP contribution is -2.14. The number of nitrogens with one attached hydrogen (secondary N) is 1. The molecule has 0 saturated carbocycles. The topological polar surface area (TPSA) is 62.2 Å². The highest BCUT2D eigenvalue weighted by Gasteiger charge is 2.04. The molecule has 0 saturated heterocycles. The van der Waals surface area contributed by atoms with Crippen molar-refractivity contribution in [1.29, 1.82) is 0 Å². The number of carbonyl (C=O) groups is 1. The third-order valence-corrected chi connectivity index (χ3v) is 2.74. The zero-order valence-electron chi connectivity index (χ0n) is 10.8. The number of aromatic carboxylic acids is 1. The minimum Gasteiger partial charge on any atom is -0.477 e. The maximum Gasteiger partial charge on any atom is 0.354 e. The Bertz CT molecular complexity index is 582. The summed E-state index contributed by atoms with van der Waals surface area (Å²) in [7, 11) is 0. The number of rotatable bonds is 5. The lowest BCUT2D eigenvalue weighted by Gasteiger charge is -2.06. The van der Waals surface area contributed by atoms with Gasteiger partial charge in [0.1, 0.15) is 5.69 Å². The van der Waals surface area contributed by atoms with E-state index in [-0.39, 0.29) is 5.69 Å². The van der Waals surface area contributed by atoms with E-state index in [1.165, 1.54) is 17.2 Å². The Morgan fingerprint density at radius 3 is 2.74 bits per heavy atom. The van der Waals surface area contributed by atoms with Crippen LogP contribution in [0.3, 0.4) is 0 Å². The molecule has 0 bridgehead atoms. The minimum atomic E-state index is -1.000. The Hall–Kier alpha value is -2.20. The van der Waals surface area contributed by atoms with E-state index in [0.29, 0.717) is 6.54 Å². The number of carboxylic acid groups (broad SMARTS) is 1. The zero-order valence-corrected chi connectivity index (χ0v) is 10.8. The van der Waals surface area contributed by atoms with E-state index in [9.17, 15) is 4.79 Å². The van der Waals surface area contributed by atoms with Crippen molar-refractivity contribution in [3.05, 3.63) is 65.0 Å². The number of aromatic nitrogens is 1. The molecule has 2 rings (SSSR count). The standard InChI is InChI=1S/C15H16N2O2/c1-11-4-2-5-12(8-11)9-16-10-13-6-3-7-14(17-13)15(18)19/h2-8,16H,9-10H2,1H3,(H,18,19). The van der Waals surface area contributed by atoms with Gasteiger partial charge in [0.25, 0.3) is 0 Å². The molecule has 0 unspecified atom stereocenters. The third-order valence-electron chi connectivity index (χ3n) is 2.74. The van der Waals surface area contributed by atoms with Crippen molar-refractivity contribution in [3.8, 4) is 0 Å². The second-order valence-electron chi connectivity index (χ2n) is 4.41. The molecule has 98 valence electrons. The van der Waals surface area contributed by atoms with Crippen LogP contribution < -0.4 is 5.32 Å². The first-order valence-corrected chi connectivity index (χ1v) is 6.10. The first-order chi connectivity index (χ1) is 9.15. The second kappa shape index (κ2) is 6.11. The molecule has 19 heavy (non-hydrogen) atoms. The Balaban J connectivity index is 1.92. The number of hydrogen-bond donors (Lipinski definition) is 2. The van der Waals surface area contributed by atoms with Crippen LogP contribution in [-0.2, 0) is 13.1 Å². The summed E-state index contributed by atoms with van der Waals surface area (Å²) in [5, 5.41) is 12.1. The van der Waals surface area contributed by atoms with Gasteiger partial charge in [-0.15, -0.1) is 0 Å². The molecule has 0 radical (unpaired) electrons. The Kier molecular flexibility index (Phi) is 4.26. The summed E-state index contributed by atoms with van der Waals surface area (Å²) in [5.41, 5.74) is 3.24. The highest BCUT2D eigenvalue weighted by atomic mass is 16.4. The highest BCUT2D eigenvalue weighted by molar-refractivity contribution is 5.85. The minimum absolute atomic E-state index is 0.0786. The molecule has 0 spiro atoms. The fourth-order valence-corrected chi connectivity index (χ4v) is 1.85. The van der Waals surface area contributed by atoms with Gasteiger partial charge in [0.15, 0.2) is 0 Å². The number of pyridine rings is 1. The molecule has 0 atom stereocenters. The van der Waals surface area contributed by atoms with Gasteiger partial charge in [-0.1, -0.05) is 35.9 Å². The van der Waals surface area contributed by atoms with Crippen molar-refractivity contribution in [2.45, 2.75) is 20.0 Å². The quantitative estimate of drug-likeness (QED) is 0.862. The van der Waals surface area contributed by atoms with Crippen molar-refractivity contribution < 1.29 is 9.90 Å². The maximum atomic E-state index is 10.8. The van der Waals surface area contributed by atoms with E-state index in [1.807, 2.05) is 12.1 Å². The van der Waals surface area contributed by atoms with Crippen LogP contribution in [0.15, 0.2) is 42.5 Å². The molecule has 0 aliphatic heterocycles. The van der Waals surface area contributed by atoms with Gasteiger partial charge in [-0.2, -0.15) is 0 Å². The lowest BCUT2D eigenvalue weighted by atomic mass is 10.1. The first kappa shape index (κ1) is 13.2. The molecule has 1 aromatic heterocycles. The number of benzene rings is 1. The Morgan fingerprint density at radius 1 is 1.21 bits per heavy atom. The van der Waals surface area contributed by atoms with Crippen LogP contribution in [0, 0.1) is 6.92 Å². The van der Waals surface area contributed by atoms with Crippen LogP contribution >= 0.6 is 0 Å². The summed E-state index contributed by atoms with van der Waals surface area (Å²) >= 11 is 0. The molecule has 0 fully saturated rings. The summed E-state index contributed by atoms with van der Waals surface area (Å²) in [4.78, 5) is 14.9. The van der Waals surface area contributed by atoms with Gasteiger partial charge in [-0.3, -0.25) is 0 Å². The van der Waals surface area contributed by atoms with Crippen molar-refractivity contribution in [3.63, 3.8) is 0 Å². The monoisotopic (exact) mass is 256 g/mol. The second-order valence-corrected chi connectivity index (χ2v) is 4.41. The van der Waals surface area contributed by atoms with Crippen molar-refractivity contribution in [1.82, 2.24) is 10.3 Å². The van der Waals surface area contributed by atoms with Crippen LogP contribution in [0.4, 0.5) is 0 Å². The van der Waals surface area contributed by atoms with Crippen LogP contribution in [0.1, 0.15) is 27.3 Å². The van der Waals surface area contributed by atoms with Crippen LogP contribution in [0.5, 0.6) is 0 Å². The third kappa shape index (κ3) is 3.89. The van der Waals surface area contributed by atoms with Crippen LogP contribution in [0.25, 0.3) is 0 Å². The summed E-state index contributed by atoms with van der Waals surface area (Å²) in [6, 6.07) is 13.3. The molecule has 0 amide bonds. The number of hydrogen-bond acceptors (Lipinski definition) is 3. The lowest BCUT2D eigenvalue weighted by molar-refractivity contribution is 0.0690. The summed E-state index contributed by atoms with van der Waals surface area (Å²) in [6.45, 7) is 3.34. The molecule has 0 aliphatic rings. The largest absolute Gasteiger partial charge is 0.477 e. The van der Waals surface area contributed by atoms with Gasteiger partial charge in [0, 0.05) is 13.1 Å². The van der Waals surface area contributed by atoms with Crippen molar-refractivity contribution in [2.75, 3.05) is 0 Å². The fraction of sp³-hybridized carbons (Fsp3) is 0.200. The highest BCUT2D eigenvalue weighted by Crippen LogP contribution is 2.04. The van der Waals surface area contributed by atoms with E-state index < -0.39 is 5.97 Å².